The zero-order chi connectivity index (χ0) is 15.0. The van der Waals surface area contributed by atoms with Crippen molar-refractivity contribution in [2.24, 2.45) is 0 Å². The minimum absolute atomic E-state index is 0.522. The van der Waals surface area contributed by atoms with Crippen LogP contribution in [0, 0.1) is 3.57 Å². The number of aromatic nitrogens is 2. The topological polar surface area (TPSA) is 37.8 Å². The zero-order valence-electron chi connectivity index (χ0n) is 11.5. The molecule has 0 aliphatic heterocycles. The van der Waals surface area contributed by atoms with Crippen molar-refractivity contribution in [3.05, 3.63) is 37.5 Å². The molecule has 3 rings (SSSR count). The summed E-state index contributed by atoms with van der Waals surface area (Å²) in [6, 6.07) is 5.51. The van der Waals surface area contributed by atoms with Crippen molar-refractivity contribution >= 4 is 51.6 Å². The molecular weight excluding hydrogens is 420 g/mol. The number of halogens is 3. The second kappa shape index (κ2) is 6.26. The van der Waals surface area contributed by atoms with E-state index in [1.54, 1.807) is 6.07 Å². The molecule has 21 heavy (non-hydrogen) atoms. The summed E-state index contributed by atoms with van der Waals surface area (Å²) in [7, 11) is 0. The number of anilines is 1. The quantitative estimate of drug-likeness (QED) is 0.659. The van der Waals surface area contributed by atoms with Gasteiger partial charge >= 0.3 is 0 Å². The number of hydrogen-bond donors (Lipinski definition) is 1. The van der Waals surface area contributed by atoms with Crippen LogP contribution in [0.15, 0.2) is 18.2 Å². The maximum atomic E-state index is 6.11. The molecule has 1 aromatic heterocycles. The molecule has 0 atom stereocenters. The molecule has 3 nitrogen and oxygen atoms in total. The zero-order valence-corrected chi connectivity index (χ0v) is 15.1. The number of nitrogens with one attached hydrogen (secondary N) is 1. The van der Waals surface area contributed by atoms with Crippen LogP contribution in [0.1, 0.15) is 31.4 Å². The highest BCUT2D eigenvalue weighted by molar-refractivity contribution is 14.1. The molecule has 1 aromatic carbocycles. The molecule has 0 radical (unpaired) electrons. The van der Waals surface area contributed by atoms with Gasteiger partial charge in [0.15, 0.2) is 5.82 Å². The summed E-state index contributed by atoms with van der Waals surface area (Å²) < 4.78 is 1.13. The lowest BCUT2D eigenvalue weighted by Gasteiger charge is -2.12. The summed E-state index contributed by atoms with van der Waals surface area (Å²) in [6.45, 7) is 2.89. The smallest absolute Gasteiger partial charge is 0.161 e. The van der Waals surface area contributed by atoms with Gasteiger partial charge in [0.1, 0.15) is 5.82 Å². The van der Waals surface area contributed by atoms with E-state index >= 15 is 0 Å². The first-order valence-electron chi connectivity index (χ1n) is 6.87. The van der Waals surface area contributed by atoms with Crippen molar-refractivity contribution in [3.8, 4) is 11.4 Å². The van der Waals surface area contributed by atoms with E-state index in [4.69, 9.17) is 28.2 Å². The second-order valence-corrected chi connectivity index (χ2v) is 6.92. The normalized spacial score (nSPS) is 14.3. The maximum Gasteiger partial charge on any atom is 0.161 e. The average Bonchev–Trinajstić information content (AvgIpc) is 3.29. The third-order valence-electron chi connectivity index (χ3n) is 3.36. The molecular formula is C15H14Cl2IN3. The first kappa shape index (κ1) is 15.3. The van der Waals surface area contributed by atoms with Gasteiger partial charge in [-0.15, -0.1) is 0 Å². The van der Waals surface area contributed by atoms with Crippen LogP contribution in [0.3, 0.4) is 0 Å². The van der Waals surface area contributed by atoms with E-state index in [9.17, 15) is 0 Å². The molecule has 1 saturated carbocycles. The Morgan fingerprint density at radius 3 is 2.62 bits per heavy atom. The highest BCUT2D eigenvalue weighted by Crippen LogP contribution is 2.43. The fourth-order valence-electron chi connectivity index (χ4n) is 2.14. The van der Waals surface area contributed by atoms with Gasteiger partial charge in [-0.25, -0.2) is 9.97 Å². The molecule has 0 unspecified atom stereocenters. The van der Waals surface area contributed by atoms with Crippen LogP contribution in [0.2, 0.25) is 10.0 Å². The van der Waals surface area contributed by atoms with Gasteiger partial charge in [0.2, 0.25) is 0 Å². The molecule has 6 heteroatoms. The Hall–Kier alpha value is -0.590. The van der Waals surface area contributed by atoms with Gasteiger partial charge in [-0.3, -0.25) is 0 Å². The van der Waals surface area contributed by atoms with Gasteiger partial charge in [0.05, 0.1) is 19.3 Å². The van der Waals surface area contributed by atoms with Crippen molar-refractivity contribution in [2.45, 2.75) is 25.7 Å². The van der Waals surface area contributed by atoms with Gasteiger partial charge in [0, 0.05) is 18.0 Å². The van der Waals surface area contributed by atoms with E-state index in [0.717, 1.165) is 27.2 Å². The highest BCUT2D eigenvalue weighted by Gasteiger charge is 2.29. The van der Waals surface area contributed by atoms with Gasteiger partial charge in [0.25, 0.3) is 0 Å². The Kier molecular flexibility index (Phi) is 4.57. The van der Waals surface area contributed by atoms with Gasteiger partial charge in [-0.2, -0.15) is 0 Å². The van der Waals surface area contributed by atoms with E-state index in [1.165, 1.54) is 12.8 Å². The van der Waals surface area contributed by atoms with Crippen molar-refractivity contribution < 1.29 is 0 Å². The van der Waals surface area contributed by atoms with E-state index in [2.05, 4.69) is 39.8 Å². The standard InChI is InChI=1S/C15H14Cl2IN3/c1-2-19-15-12(18)13(8-3-4-8)20-14(21-15)9-5-6-10(16)11(17)7-9/h5-8H,2-4H2,1H3,(H,19,20,21). The van der Waals surface area contributed by atoms with Crippen LogP contribution in [0.5, 0.6) is 0 Å². The fraction of sp³-hybridized carbons (Fsp3) is 0.333. The molecule has 1 aliphatic carbocycles. The lowest BCUT2D eigenvalue weighted by molar-refractivity contribution is 0.972. The Labute approximate surface area is 147 Å². The van der Waals surface area contributed by atoms with E-state index in [0.29, 0.717) is 21.8 Å². The Bertz CT molecular complexity index is 687. The molecule has 1 fully saturated rings. The average molecular weight is 434 g/mol. The maximum absolute atomic E-state index is 6.11. The van der Waals surface area contributed by atoms with E-state index in [1.807, 2.05) is 12.1 Å². The molecule has 2 aromatic rings. The van der Waals surface area contributed by atoms with E-state index < -0.39 is 0 Å². The van der Waals surface area contributed by atoms with E-state index in [-0.39, 0.29) is 0 Å². The molecule has 0 spiro atoms. The van der Waals surface area contributed by atoms with Crippen LogP contribution in [0.25, 0.3) is 11.4 Å². The third-order valence-corrected chi connectivity index (χ3v) is 5.17. The second-order valence-electron chi connectivity index (χ2n) is 5.03. The molecule has 1 heterocycles. The first-order chi connectivity index (χ1) is 10.1. The summed E-state index contributed by atoms with van der Waals surface area (Å²) in [5.41, 5.74) is 2.03. The van der Waals surface area contributed by atoms with Crippen LogP contribution in [-0.2, 0) is 0 Å². The monoisotopic (exact) mass is 433 g/mol. The summed E-state index contributed by atoms with van der Waals surface area (Å²) in [5.74, 6) is 2.17. The predicted octanol–water partition coefficient (Wildman–Crippen LogP) is 5.36. The fourth-order valence-corrected chi connectivity index (χ4v) is 3.31. The van der Waals surface area contributed by atoms with Gasteiger partial charge < -0.3 is 5.32 Å². The molecule has 0 amide bonds. The SMILES string of the molecule is CCNc1nc(-c2ccc(Cl)c(Cl)c2)nc(C2CC2)c1I. The Morgan fingerprint density at radius 1 is 1.24 bits per heavy atom. The van der Waals surface area contributed by atoms with Crippen LogP contribution < -0.4 is 5.32 Å². The molecule has 110 valence electrons. The highest BCUT2D eigenvalue weighted by atomic mass is 127. The van der Waals surface area contributed by atoms with Crippen LogP contribution >= 0.6 is 45.8 Å². The van der Waals surface area contributed by atoms with Crippen LogP contribution in [0.4, 0.5) is 5.82 Å². The molecule has 1 aliphatic rings. The summed E-state index contributed by atoms with van der Waals surface area (Å²) >= 11 is 14.4. The first-order valence-corrected chi connectivity index (χ1v) is 8.70. The molecule has 0 saturated heterocycles. The number of hydrogen-bond acceptors (Lipinski definition) is 3. The van der Waals surface area contributed by atoms with Crippen molar-refractivity contribution in [1.82, 2.24) is 9.97 Å². The minimum atomic E-state index is 0.522. The van der Waals surface area contributed by atoms with Crippen molar-refractivity contribution in [1.29, 1.82) is 0 Å². The summed E-state index contributed by atoms with van der Waals surface area (Å²) in [4.78, 5) is 9.40. The predicted molar refractivity (Wildman–Crippen MR) is 96.3 cm³/mol. The lowest BCUT2D eigenvalue weighted by atomic mass is 10.2. The van der Waals surface area contributed by atoms with Gasteiger partial charge in [-0.1, -0.05) is 23.2 Å². The third kappa shape index (κ3) is 3.27. The lowest BCUT2D eigenvalue weighted by Crippen LogP contribution is -2.07. The summed E-state index contributed by atoms with van der Waals surface area (Å²) in [6.07, 6.45) is 2.42. The Morgan fingerprint density at radius 2 is 2.00 bits per heavy atom. The largest absolute Gasteiger partial charge is 0.369 e. The molecule has 1 N–H and O–H groups in total. The van der Waals surface area contributed by atoms with Crippen LogP contribution in [-0.4, -0.2) is 16.5 Å². The molecule has 0 bridgehead atoms. The number of rotatable bonds is 4. The van der Waals surface area contributed by atoms with Gasteiger partial charge in [-0.05, 0) is 60.6 Å². The number of nitrogens with zero attached hydrogens (tertiary/aromatic N) is 2. The number of benzene rings is 1. The minimum Gasteiger partial charge on any atom is -0.369 e. The van der Waals surface area contributed by atoms with Crippen molar-refractivity contribution in [2.75, 3.05) is 11.9 Å². The van der Waals surface area contributed by atoms with Crippen molar-refractivity contribution in [3.63, 3.8) is 0 Å². The Balaban J connectivity index is 2.10. The summed E-state index contributed by atoms with van der Waals surface area (Å²) in [5, 5.41) is 4.38.